The molecule has 1 aromatic heterocycles. The molecule has 1 fully saturated rings. The van der Waals surface area contributed by atoms with Crippen LogP contribution in [-0.2, 0) is 9.47 Å². The Bertz CT molecular complexity index is 718. The molecule has 30 heavy (non-hydrogen) atoms. The van der Waals surface area contributed by atoms with Gasteiger partial charge in [0.15, 0.2) is 5.96 Å². The molecule has 9 heteroatoms. The van der Waals surface area contributed by atoms with Gasteiger partial charge in [-0.3, -0.25) is 4.99 Å². The van der Waals surface area contributed by atoms with Crippen molar-refractivity contribution < 1.29 is 14.3 Å². The van der Waals surface area contributed by atoms with Crippen molar-refractivity contribution in [3.8, 4) is 0 Å². The van der Waals surface area contributed by atoms with E-state index in [1.807, 2.05) is 13.8 Å². The van der Waals surface area contributed by atoms with Crippen LogP contribution in [0.5, 0.6) is 0 Å². The Kier molecular flexibility index (Phi) is 11.0. The summed E-state index contributed by atoms with van der Waals surface area (Å²) in [4.78, 5) is 21.5. The number of halogens is 1. The van der Waals surface area contributed by atoms with Gasteiger partial charge < -0.3 is 20.1 Å². The Morgan fingerprint density at radius 3 is 2.73 bits per heavy atom. The van der Waals surface area contributed by atoms with E-state index >= 15 is 0 Å². The van der Waals surface area contributed by atoms with Crippen LogP contribution in [0.25, 0.3) is 0 Å². The van der Waals surface area contributed by atoms with Crippen molar-refractivity contribution >= 4 is 47.2 Å². The van der Waals surface area contributed by atoms with Gasteiger partial charge in [-0.15, -0.1) is 35.3 Å². The normalized spacial score (nSPS) is 20.8. The SMILES string of the molecule is CCOC(=O)c1sc(C(C)NC(=NC)NCC2CCCOC2C(C)(C)C)nc1C.I. The Labute approximate surface area is 201 Å². The minimum absolute atomic E-state index is 0. The highest BCUT2D eigenvalue weighted by Crippen LogP contribution is 2.33. The van der Waals surface area contributed by atoms with E-state index in [-0.39, 0.29) is 47.5 Å². The van der Waals surface area contributed by atoms with Gasteiger partial charge in [0.1, 0.15) is 9.88 Å². The number of nitrogens with one attached hydrogen (secondary N) is 2. The first-order chi connectivity index (χ1) is 13.7. The van der Waals surface area contributed by atoms with Crippen molar-refractivity contribution in [3.63, 3.8) is 0 Å². The van der Waals surface area contributed by atoms with E-state index in [0.717, 1.165) is 37.0 Å². The zero-order valence-corrected chi connectivity index (χ0v) is 22.4. The lowest BCUT2D eigenvalue weighted by atomic mass is 9.78. The molecule has 1 aromatic rings. The minimum atomic E-state index is -0.311. The van der Waals surface area contributed by atoms with Crippen molar-refractivity contribution in [2.45, 2.75) is 66.5 Å². The molecular formula is C21H37IN4O3S. The molecule has 1 aliphatic rings. The smallest absolute Gasteiger partial charge is 0.350 e. The van der Waals surface area contributed by atoms with E-state index in [1.54, 1.807) is 14.0 Å². The van der Waals surface area contributed by atoms with E-state index < -0.39 is 0 Å². The second-order valence-electron chi connectivity index (χ2n) is 8.57. The van der Waals surface area contributed by atoms with Crippen molar-refractivity contribution in [1.29, 1.82) is 0 Å². The lowest BCUT2D eigenvalue weighted by Gasteiger charge is -2.40. The summed E-state index contributed by atoms with van der Waals surface area (Å²) in [6.45, 7) is 14.4. The third kappa shape index (κ3) is 7.33. The minimum Gasteiger partial charge on any atom is -0.462 e. The van der Waals surface area contributed by atoms with Gasteiger partial charge in [-0.1, -0.05) is 20.8 Å². The summed E-state index contributed by atoms with van der Waals surface area (Å²) in [7, 11) is 1.76. The maximum absolute atomic E-state index is 12.0. The number of thiazole rings is 1. The van der Waals surface area contributed by atoms with Crippen LogP contribution < -0.4 is 10.6 Å². The number of carbonyl (C=O) groups is 1. The summed E-state index contributed by atoms with van der Waals surface area (Å²) < 4.78 is 11.2. The highest BCUT2D eigenvalue weighted by atomic mass is 127. The number of aromatic nitrogens is 1. The number of guanidine groups is 1. The predicted octanol–water partition coefficient (Wildman–Crippen LogP) is 4.31. The summed E-state index contributed by atoms with van der Waals surface area (Å²) in [5.74, 6) is 0.852. The molecule has 172 valence electrons. The van der Waals surface area contributed by atoms with Gasteiger partial charge in [0.05, 0.1) is 24.4 Å². The maximum Gasteiger partial charge on any atom is 0.350 e. The number of hydrogen-bond donors (Lipinski definition) is 2. The molecule has 2 heterocycles. The van der Waals surface area contributed by atoms with E-state index in [1.165, 1.54) is 11.3 Å². The summed E-state index contributed by atoms with van der Waals surface area (Å²) in [5, 5.41) is 7.67. The van der Waals surface area contributed by atoms with E-state index in [2.05, 4.69) is 41.4 Å². The Morgan fingerprint density at radius 2 is 2.13 bits per heavy atom. The fraction of sp³-hybridized carbons (Fsp3) is 0.762. The van der Waals surface area contributed by atoms with Gasteiger partial charge in [0.2, 0.25) is 0 Å². The van der Waals surface area contributed by atoms with Crippen LogP contribution in [-0.4, -0.2) is 49.8 Å². The Hall–Kier alpha value is -0.940. The highest BCUT2D eigenvalue weighted by Gasteiger charge is 2.35. The second-order valence-corrected chi connectivity index (χ2v) is 9.60. The number of aliphatic imine (C=N–C) groups is 1. The van der Waals surface area contributed by atoms with Crippen molar-refractivity contribution in [2.75, 3.05) is 26.8 Å². The second kappa shape index (κ2) is 12.2. The zero-order valence-electron chi connectivity index (χ0n) is 19.2. The van der Waals surface area contributed by atoms with Crippen LogP contribution in [0.2, 0.25) is 0 Å². The third-order valence-corrected chi connectivity index (χ3v) is 6.37. The first kappa shape index (κ1) is 27.1. The molecule has 7 nitrogen and oxygen atoms in total. The number of hydrogen-bond acceptors (Lipinski definition) is 6. The van der Waals surface area contributed by atoms with E-state index in [4.69, 9.17) is 9.47 Å². The molecule has 0 aliphatic carbocycles. The van der Waals surface area contributed by atoms with Crippen molar-refractivity contribution in [3.05, 3.63) is 15.6 Å². The quantitative estimate of drug-likeness (QED) is 0.237. The number of esters is 1. The standard InChI is InChI=1S/C21H36N4O3S.HI/c1-8-27-19(26)16-13(2)24-18(29-16)14(3)25-20(22-7)23-12-15-10-9-11-28-17(15)21(4,5)6;/h14-15,17H,8-12H2,1-7H3,(H2,22,23,25);1H. The molecule has 3 unspecified atom stereocenters. The summed E-state index contributed by atoms with van der Waals surface area (Å²) in [6.07, 6.45) is 2.47. The number of aryl methyl sites for hydroxylation is 1. The van der Waals surface area contributed by atoms with E-state index in [0.29, 0.717) is 23.1 Å². The van der Waals surface area contributed by atoms with Crippen LogP contribution in [0.3, 0.4) is 0 Å². The number of nitrogens with zero attached hydrogens (tertiary/aromatic N) is 2. The predicted molar refractivity (Wildman–Crippen MR) is 133 cm³/mol. The molecule has 3 atom stereocenters. The highest BCUT2D eigenvalue weighted by molar-refractivity contribution is 14.0. The summed E-state index contributed by atoms with van der Waals surface area (Å²) >= 11 is 1.37. The van der Waals surface area contributed by atoms with Crippen molar-refractivity contribution in [1.82, 2.24) is 15.6 Å². The fourth-order valence-electron chi connectivity index (χ4n) is 3.69. The van der Waals surface area contributed by atoms with Crippen LogP contribution in [0.4, 0.5) is 0 Å². The zero-order chi connectivity index (χ0) is 21.6. The van der Waals surface area contributed by atoms with E-state index in [9.17, 15) is 4.79 Å². The summed E-state index contributed by atoms with van der Waals surface area (Å²) in [6, 6.07) is -0.0749. The lowest BCUT2D eigenvalue weighted by Crippen LogP contribution is -2.47. The first-order valence-electron chi connectivity index (χ1n) is 10.4. The van der Waals surface area contributed by atoms with Crippen LogP contribution in [0.1, 0.15) is 73.9 Å². The van der Waals surface area contributed by atoms with Gasteiger partial charge in [0, 0.05) is 26.1 Å². The number of carbonyl (C=O) groups excluding carboxylic acids is 1. The van der Waals surface area contributed by atoms with Gasteiger partial charge >= 0.3 is 5.97 Å². The molecule has 0 spiro atoms. The third-order valence-electron chi connectivity index (χ3n) is 5.05. The Balaban J connectivity index is 0.00000450. The average Bonchev–Trinajstić information content (AvgIpc) is 3.06. The van der Waals surface area contributed by atoms with Gasteiger partial charge in [0.25, 0.3) is 0 Å². The molecule has 0 aromatic carbocycles. The largest absolute Gasteiger partial charge is 0.462 e. The van der Waals surface area contributed by atoms with Crippen LogP contribution in [0.15, 0.2) is 4.99 Å². The molecule has 0 amide bonds. The molecule has 2 rings (SSSR count). The molecule has 0 radical (unpaired) electrons. The van der Waals surface area contributed by atoms with Gasteiger partial charge in [-0.2, -0.15) is 0 Å². The maximum atomic E-state index is 12.0. The summed E-state index contributed by atoms with van der Waals surface area (Å²) in [5.41, 5.74) is 0.811. The molecule has 0 saturated carbocycles. The molecule has 1 saturated heterocycles. The number of ether oxygens (including phenoxy) is 2. The van der Waals surface area contributed by atoms with Crippen LogP contribution >= 0.6 is 35.3 Å². The molecular weight excluding hydrogens is 515 g/mol. The molecule has 1 aliphatic heterocycles. The molecule has 0 bridgehead atoms. The van der Waals surface area contributed by atoms with Crippen molar-refractivity contribution in [2.24, 2.45) is 16.3 Å². The topological polar surface area (TPSA) is 84.8 Å². The molecule has 2 N–H and O–H groups in total. The van der Waals surface area contributed by atoms with Crippen LogP contribution in [0, 0.1) is 18.3 Å². The Morgan fingerprint density at radius 1 is 1.43 bits per heavy atom. The fourth-order valence-corrected chi connectivity index (χ4v) is 4.65. The van der Waals surface area contributed by atoms with Gasteiger partial charge in [-0.25, -0.2) is 9.78 Å². The van der Waals surface area contributed by atoms with Gasteiger partial charge in [-0.05, 0) is 39.0 Å². The first-order valence-corrected chi connectivity index (χ1v) is 11.2. The lowest BCUT2D eigenvalue weighted by molar-refractivity contribution is -0.0835. The number of rotatable bonds is 6. The average molecular weight is 553 g/mol. The monoisotopic (exact) mass is 552 g/mol.